The number of amides is 1. The monoisotopic (exact) mass is 365 g/mol. The van der Waals surface area contributed by atoms with Gasteiger partial charge < -0.3 is 19.7 Å². The number of halogens is 2. The van der Waals surface area contributed by atoms with Crippen molar-refractivity contribution in [1.29, 1.82) is 0 Å². The molecule has 0 fully saturated rings. The van der Waals surface area contributed by atoms with E-state index in [-0.39, 0.29) is 17.1 Å². The number of nitrogens with one attached hydrogen (secondary N) is 1. The van der Waals surface area contributed by atoms with Crippen molar-refractivity contribution in [3.63, 3.8) is 0 Å². The number of methoxy groups -OCH3 is 1. The van der Waals surface area contributed by atoms with Gasteiger partial charge in [0.05, 0.1) is 19.0 Å². The van der Waals surface area contributed by atoms with E-state index in [9.17, 15) is 13.6 Å². The maximum atomic E-state index is 12.4. The first-order valence-corrected chi connectivity index (χ1v) is 8.13. The van der Waals surface area contributed by atoms with Crippen molar-refractivity contribution in [2.75, 3.05) is 30.4 Å². The van der Waals surface area contributed by atoms with Crippen molar-refractivity contribution in [2.24, 2.45) is 0 Å². The highest BCUT2D eigenvalue weighted by atomic mass is 19.3. The third-order valence-electron chi connectivity index (χ3n) is 3.74. The number of anilines is 2. The van der Waals surface area contributed by atoms with Crippen LogP contribution in [0, 0.1) is 0 Å². The highest BCUT2D eigenvalue weighted by molar-refractivity contribution is 6.04. The van der Waals surface area contributed by atoms with Crippen LogP contribution in [0.15, 0.2) is 36.5 Å². The second-order valence-corrected chi connectivity index (χ2v) is 5.28. The second kappa shape index (κ2) is 8.98. The van der Waals surface area contributed by atoms with Crippen LogP contribution in [-0.4, -0.2) is 37.7 Å². The number of pyridine rings is 1. The van der Waals surface area contributed by atoms with Gasteiger partial charge in [-0.3, -0.25) is 4.79 Å². The fourth-order valence-electron chi connectivity index (χ4n) is 2.40. The quantitative estimate of drug-likeness (QED) is 0.771. The SMILES string of the molecule is CCN(CC)c1ccc(NC(=O)c2ccc(OC(F)F)c(OC)c2)cn1. The Hall–Kier alpha value is -2.90. The Morgan fingerprint density at radius 1 is 1.19 bits per heavy atom. The van der Waals surface area contributed by atoms with Crippen LogP contribution < -0.4 is 19.7 Å². The lowest BCUT2D eigenvalue weighted by Gasteiger charge is -2.19. The van der Waals surface area contributed by atoms with Crippen molar-refractivity contribution in [2.45, 2.75) is 20.5 Å². The summed E-state index contributed by atoms with van der Waals surface area (Å²) < 4.78 is 34.1. The van der Waals surface area contributed by atoms with Gasteiger partial charge in [0.25, 0.3) is 5.91 Å². The molecule has 8 heteroatoms. The fraction of sp³-hybridized carbons (Fsp3) is 0.333. The number of aromatic nitrogens is 1. The van der Waals surface area contributed by atoms with Gasteiger partial charge in [-0.25, -0.2) is 4.98 Å². The molecule has 140 valence electrons. The molecule has 0 bridgehead atoms. The first kappa shape index (κ1) is 19.4. The van der Waals surface area contributed by atoms with E-state index < -0.39 is 12.5 Å². The van der Waals surface area contributed by atoms with E-state index in [4.69, 9.17) is 4.74 Å². The maximum Gasteiger partial charge on any atom is 0.387 e. The van der Waals surface area contributed by atoms with Crippen LogP contribution in [0.2, 0.25) is 0 Å². The van der Waals surface area contributed by atoms with E-state index in [0.29, 0.717) is 5.69 Å². The summed E-state index contributed by atoms with van der Waals surface area (Å²) in [4.78, 5) is 18.8. The largest absolute Gasteiger partial charge is 0.493 e. The summed E-state index contributed by atoms with van der Waals surface area (Å²) in [7, 11) is 1.31. The number of hydrogen-bond acceptors (Lipinski definition) is 5. The molecule has 0 aliphatic heterocycles. The van der Waals surface area contributed by atoms with Gasteiger partial charge in [-0.05, 0) is 44.2 Å². The zero-order valence-electron chi connectivity index (χ0n) is 14.8. The third-order valence-corrected chi connectivity index (χ3v) is 3.74. The summed E-state index contributed by atoms with van der Waals surface area (Å²) in [5.74, 6) is 0.324. The molecule has 0 saturated heterocycles. The van der Waals surface area contributed by atoms with Crippen molar-refractivity contribution < 1.29 is 23.0 Å². The number of benzene rings is 1. The summed E-state index contributed by atoms with van der Waals surface area (Å²) >= 11 is 0. The molecular formula is C18H21F2N3O3. The Morgan fingerprint density at radius 2 is 1.92 bits per heavy atom. The Morgan fingerprint density at radius 3 is 2.46 bits per heavy atom. The minimum absolute atomic E-state index is 0.0490. The molecule has 2 aromatic rings. The van der Waals surface area contributed by atoms with Gasteiger partial charge in [-0.2, -0.15) is 8.78 Å². The molecule has 6 nitrogen and oxygen atoms in total. The average molecular weight is 365 g/mol. The fourth-order valence-corrected chi connectivity index (χ4v) is 2.40. The summed E-state index contributed by atoms with van der Waals surface area (Å²) in [6.45, 7) is 2.77. The van der Waals surface area contributed by atoms with Gasteiger partial charge >= 0.3 is 6.61 Å². The van der Waals surface area contributed by atoms with Crippen molar-refractivity contribution >= 4 is 17.4 Å². The number of ether oxygens (including phenoxy) is 2. The molecular weight excluding hydrogens is 344 g/mol. The highest BCUT2D eigenvalue weighted by Crippen LogP contribution is 2.29. The average Bonchev–Trinajstić information content (AvgIpc) is 2.64. The van der Waals surface area contributed by atoms with Crippen LogP contribution in [0.3, 0.4) is 0 Å². The van der Waals surface area contributed by atoms with Gasteiger partial charge in [0.1, 0.15) is 5.82 Å². The summed E-state index contributed by atoms with van der Waals surface area (Å²) in [6, 6.07) is 7.56. The van der Waals surface area contributed by atoms with E-state index >= 15 is 0 Å². The number of carbonyl (C=O) groups is 1. The van der Waals surface area contributed by atoms with Crippen LogP contribution in [0.4, 0.5) is 20.3 Å². The van der Waals surface area contributed by atoms with E-state index in [1.165, 1.54) is 25.3 Å². The molecule has 0 spiro atoms. The molecule has 0 aliphatic rings. The molecule has 1 N–H and O–H groups in total. The van der Waals surface area contributed by atoms with Crippen LogP contribution in [-0.2, 0) is 0 Å². The lowest BCUT2D eigenvalue weighted by atomic mass is 10.2. The van der Waals surface area contributed by atoms with Crippen LogP contribution in [0.1, 0.15) is 24.2 Å². The Kier molecular flexibility index (Phi) is 6.71. The zero-order chi connectivity index (χ0) is 19.1. The van der Waals surface area contributed by atoms with Gasteiger partial charge in [0.2, 0.25) is 0 Å². The zero-order valence-corrected chi connectivity index (χ0v) is 14.8. The number of hydrogen-bond donors (Lipinski definition) is 1. The first-order chi connectivity index (χ1) is 12.5. The van der Waals surface area contributed by atoms with Gasteiger partial charge in [0, 0.05) is 18.7 Å². The Bertz CT molecular complexity index is 735. The second-order valence-electron chi connectivity index (χ2n) is 5.28. The van der Waals surface area contributed by atoms with E-state index in [1.807, 2.05) is 19.9 Å². The standard InChI is InChI=1S/C18H21F2N3O3/c1-4-23(5-2)16-9-7-13(11-21-16)22-17(24)12-6-8-14(26-18(19)20)15(10-12)25-3/h6-11,18H,4-5H2,1-3H3,(H,22,24). The molecule has 0 aliphatic carbocycles. The van der Waals surface area contributed by atoms with Gasteiger partial charge in [0.15, 0.2) is 11.5 Å². The van der Waals surface area contributed by atoms with Crippen molar-refractivity contribution in [3.8, 4) is 11.5 Å². The number of rotatable bonds is 8. The molecule has 2 rings (SSSR count). The normalized spacial score (nSPS) is 10.5. The van der Waals surface area contributed by atoms with Gasteiger partial charge in [-0.1, -0.05) is 0 Å². The van der Waals surface area contributed by atoms with E-state index in [2.05, 4.69) is 19.9 Å². The molecule has 1 amide bonds. The van der Waals surface area contributed by atoms with E-state index in [0.717, 1.165) is 18.9 Å². The smallest absolute Gasteiger partial charge is 0.387 e. The van der Waals surface area contributed by atoms with Crippen LogP contribution >= 0.6 is 0 Å². The predicted octanol–water partition coefficient (Wildman–Crippen LogP) is 3.79. The Labute approximate surface area is 150 Å². The lowest BCUT2D eigenvalue weighted by molar-refractivity contribution is -0.0512. The minimum atomic E-state index is -2.97. The number of nitrogens with zero attached hydrogens (tertiary/aromatic N) is 2. The number of carbonyl (C=O) groups excluding carboxylic acids is 1. The lowest BCUT2D eigenvalue weighted by Crippen LogP contribution is -2.22. The minimum Gasteiger partial charge on any atom is -0.493 e. The van der Waals surface area contributed by atoms with Crippen molar-refractivity contribution in [1.82, 2.24) is 4.98 Å². The maximum absolute atomic E-state index is 12.4. The molecule has 1 aromatic heterocycles. The molecule has 0 saturated carbocycles. The summed E-state index contributed by atoms with van der Waals surface area (Å²) in [5, 5.41) is 2.71. The molecule has 0 unspecified atom stereocenters. The summed E-state index contributed by atoms with van der Waals surface area (Å²) in [6.07, 6.45) is 1.57. The van der Waals surface area contributed by atoms with Crippen molar-refractivity contribution in [3.05, 3.63) is 42.1 Å². The predicted molar refractivity (Wildman–Crippen MR) is 95.4 cm³/mol. The molecule has 1 aromatic carbocycles. The van der Waals surface area contributed by atoms with Crippen LogP contribution in [0.5, 0.6) is 11.5 Å². The van der Waals surface area contributed by atoms with E-state index in [1.54, 1.807) is 12.3 Å². The van der Waals surface area contributed by atoms with Gasteiger partial charge in [-0.15, -0.1) is 0 Å². The third kappa shape index (κ3) is 4.81. The molecule has 0 atom stereocenters. The Balaban J connectivity index is 2.12. The molecule has 0 radical (unpaired) electrons. The summed E-state index contributed by atoms with van der Waals surface area (Å²) in [5.41, 5.74) is 0.772. The highest BCUT2D eigenvalue weighted by Gasteiger charge is 2.14. The molecule has 1 heterocycles. The topological polar surface area (TPSA) is 63.7 Å². The first-order valence-electron chi connectivity index (χ1n) is 8.13. The molecule has 26 heavy (non-hydrogen) atoms. The number of alkyl halides is 2. The van der Waals surface area contributed by atoms with Crippen LogP contribution in [0.25, 0.3) is 0 Å².